The quantitative estimate of drug-likeness (QED) is 0.579. The second-order valence-corrected chi connectivity index (χ2v) is 3.43. The van der Waals surface area contributed by atoms with Gasteiger partial charge in [0.05, 0.1) is 6.61 Å². The average Bonchev–Trinajstić information content (AvgIpc) is 2.20. The zero-order valence-corrected chi connectivity index (χ0v) is 9.33. The molecular weight excluding hydrogens is 224 g/mol. The summed E-state index contributed by atoms with van der Waals surface area (Å²) >= 11 is 7.18. The van der Waals surface area contributed by atoms with Gasteiger partial charge in [-0.1, -0.05) is 23.4 Å². The van der Waals surface area contributed by atoms with Crippen LogP contribution in [-0.4, -0.2) is 24.0 Å². The van der Waals surface area contributed by atoms with Crippen LogP contribution in [0.4, 0.5) is 0 Å². The third-order valence-corrected chi connectivity index (χ3v) is 2.27. The Balaban J connectivity index is 3.06. The molecule has 0 saturated carbocycles. The van der Waals surface area contributed by atoms with Gasteiger partial charge in [0.2, 0.25) is 0 Å². The summed E-state index contributed by atoms with van der Waals surface area (Å²) in [5.74, 6) is 1.98. The molecule has 4 nitrogen and oxygen atoms in total. The Morgan fingerprint density at radius 3 is 2.93 bits per heavy atom. The van der Waals surface area contributed by atoms with Crippen LogP contribution < -0.4 is 5.32 Å². The maximum atomic E-state index is 10.6. The molecule has 0 radical (unpaired) electrons. The highest BCUT2D eigenvalue weighted by Crippen LogP contribution is 2.23. The van der Waals surface area contributed by atoms with Crippen molar-refractivity contribution in [3.05, 3.63) is 16.6 Å². The molecule has 0 aromatic rings. The van der Waals surface area contributed by atoms with Gasteiger partial charge >= 0.3 is 0 Å². The summed E-state index contributed by atoms with van der Waals surface area (Å²) in [5, 5.41) is 3.48. The van der Waals surface area contributed by atoms with E-state index in [4.69, 9.17) is 16.3 Å². The normalized spacial score (nSPS) is 15.9. The number of nitrogens with zero attached hydrogens (tertiary/aromatic N) is 1. The molecule has 0 bridgehead atoms. The summed E-state index contributed by atoms with van der Waals surface area (Å²) in [7, 11) is 0. The molecule has 14 heavy (non-hydrogen) atoms. The highest BCUT2D eigenvalue weighted by molar-refractivity contribution is 8.13. The smallest absolute Gasteiger partial charge is 0.191 e. The largest absolute Gasteiger partial charge is 0.488 e. The van der Waals surface area contributed by atoms with Gasteiger partial charge in [0.25, 0.3) is 0 Å². The Hall–Kier alpha value is -0.900. The van der Waals surface area contributed by atoms with Crippen LogP contribution in [0.3, 0.4) is 0 Å². The van der Waals surface area contributed by atoms with E-state index in [0.29, 0.717) is 11.8 Å². The Morgan fingerprint density at radius 1 is 1.71 bits per heavy atom. The van der Waals surface area contributed by atoms with E-state index in [2.05, 4.69) is 10.3 Å². The van der Waals surface area contributed by atoms with Crippen molar-refractivity contribution in [2.75, 3.05) is 12.9 Å². The number of ether oxygens (including phenoxy) is 1. The molecule has 6 heteroatoms. The Morgan fingerprint density at radius 2 is 2.43 bits per heavy atom. The fourth-order valence-corrected chi connectivity index (χ4v) is 1.55. The zero-order valence-electron chi connectivity index (χ0n) is 7.76. The number of hydrogen-bond donors (Lipinski definition) is 1. The number of nitrogens with one attached hydrogen (secondary N) is 1. The molecule has 0 aromatic carbocycles. The molecule has 1 N–H and O–H groups in total. The average molecular weight is 233 g/mol. The van der Waals surface area contributed by atoms with Crippen molar-refractivity contribution in [2.24, 2.45) is 4.99 Å². The van der Waals surface area contributed by atoms with E-state index < -0.39 is 0 Å². The number of amidine groups is 1. The lowest BCUT2D eigenvalue weighted by Crippen LogP contribution is -2.26. The van der Waals surface area contributed by atoms with E-state index in [1.54, 1.807) is 12.9 Å². The molecule has 0 aliphatic carbocycles. The molecule has 0 aromatic heterocycles. The lowest BCUT2D eigenvalue weighted by Gasteiger charge is -2.17. The Kier molecular flexibility index (Phi) is 4.07. The van der Waals surface area contributed by atoms with E-state index in [-0.39, 0.29) is 16.6 Å². The predicted octanol–water partition coefficient (Wildman–Crippen LogP) is 1.47. The summed E-state index contributed by atoms with van der Waals surface area (Å²) in [6.45, 7) is 2.22. The molecule has 1 aliphatic heterocycles. The maximum absolute atomic E-state index is 10.6. The van der Waals surface area contributed by atoms with Crippen molar-refractivity contribution in [1.82, 2.24) is 5.32 Å². The van der Waals surface area contributed by atoms with E-state index in [9.17, 15) is 4.79 Å². The maximum Gasteiger partial charge on any atom is 0.191 e. The predicted molar refractivity (Wildman–Crippen MR) is 57.8 cm³/mol. The van der Waals surface area contributed by atoms with Crippen LogP contribution in [0.5, 0.6) is 0 Å². The summed E-state index contributed by atoms with van der Waals surface area (Å²) in [6, 6.07) is 0. The first-order chi connectivity index (χ1) is 6.72. The van der Waals surface area contributed by atoms with Crippen molar-refractivity contribution < 1.29 is 9.53 Å². The van der Waals surface area contributed by atoms with Gasteiger partial charge in [-0.25, -0.2) is 9.79 Å². The van der Waals surface area contributed by atoms with Crippen molar-refractivity contribution in [3.8, 4) is 0 Å². The van der Waals surface area contributed by atoms with Crippen molar-refractivity contribution >= 4 is 34.5 Å². The number of thioether (sulfide) groups is 1. The molecule has 0 saturated heterocycles. The van der Waals surface area contributed by atoms with Crippen LogP contribution in [0.15, 0.2) is 21.6 Å². The van der Waals surface area contributed by atoms with Crippen molar-refractivity contribution in [2.45, 2.75) is 6.92 Å². The fourth-order valence-electron chi connectivity index (χ4n) is 0.879. The third-order valence-electron chi connectivity index (χ3n) is 1.43. The minimum absolute atomic E-state index is 0.174. The topological polar surface area (TPSA) is 50.7 Å². The van der Waals surface area contributed by atoms with Gasteiger partial charge in [-0.3, -0.25) is 0 Å². The lowest BCUT2D eigenvalue weighted by atomic mass is 10.4. The number of carbonyl (C=O) groups excluding carboxylic acids is 1. The molecule has 1 heterocycles. The van der Waals surface area contributed by atoms with Gasteiger partial charge in [0, 0.05) is 0 Å². The van der Waals surface area contributed by atoms with Gasteiger partial charge in [0.15, 0.2) is 27.7 Å². The van der Waals surface area contributed by atoms with E-state index in [0.717, 1.165) is 0 Å². The molecule has 0 atom stereocenters. The van der Waals surface area contributed by atoms with Crippen LogP contribution in [0, 0.1) is 0 Å². The van der Waals surface area contributed by atoms with Crippen molar-refractivity contribution in [1.29, 1.82) is 0 Å². The number of halogens is 1. The van der Waals surface area contributed by atoms with Gasteiger partial charge in [0.1, 0.15) is 0 Å². The highest BCUT2D eigenvalue weighted by atomic mass is 35.5. The molecule has 0 unspecified atom stereocenters. The SMILES string of the molecule is CCOC1=C(Cl)N=C(SC)NC1=C=O. The van der Waals surface area contributed by atoms with Crippen LogP contribution in [0.1, 0.15) is 6.92 Å². The first-order valence-electron chi connectivity index (χ1n) is 3.90. The van der Waals surface area contributed by atoms with Crippen LogP contribution in [0.25, 0.3) is 0 Å². The van der Waals surface area contributed by atoms with Gasteiger partial charge in [-0.15, -0.1) is 0 Å². The summed E-state index contributed by atoms with van der Waals surface area (Å²) in [6.07, 6.45) is 1.82. The van der Waals surface area contributed by atoms with Crippen LogP contribution in [-0.2, 0) is 9.53 Å². The Bertz CT molecular complexity index is 345. The third kappa shape index (κ3) is 2.32. The molecular formula is C8H9ClN2O2S. The molecule has 0 amide bonds. The second kappa shape index (κ2) is 5.10. The fraction of sp³-hybridized carbons (Fsp3) is 0.375. The summed E-state index contributed by atoms with van der Waals surface area (Å²) in [4.78, 5) is 14.6. The van der Waals surface area contributed by atoms with Crippen LogP contribution >= 0.6 is 23.4 Å². The van der Waals surface area contributed by atoms with E-state index >= 15 is 0 Å². The number of rotatable bonds is 2. The summed E-state index contributed by atoms with van der Waals surface area (Å²) < 4.78 is 5.16. The second-order valence-electron chi connectivity index (χ2n) is 2.28. The lowest BCUT2D eigenvalue weighted by molar-refractivity contribution is 0.233. The minimum Gasteiger partial charge on any atom is -0.488 e. The van der Waals surface area contributed by atoms with Crippen LogP contribution in [0.2, 0.25) is 0 Å². The van der Waals surface area contributed by atoms with E-state index in [1.807, 2.05) is 6.26 Å². The number of hydrogen-bond acceptors (Lipinski definition) is 5. The van der Waals surface area contributed by atoms with Crippen molar-refractivity contribution in [3.63, 3.8) is 0 Å². The molecule has 0 fully saturated rings. The zero-order chi connectivity index (χ0) is 10.6. The van der Waals surface area contributed by atoms with Gasteiger partial charge in [-0.2, -0.15) is 0 Å². The first-order valence-corrected chi connectivity index (χ1v) is 5.51. The van der Waals surface area contributed by atoms with Gasteiger partial charge in [-0.05, 0) is 13.2 Å². The minimum atomic E-state index is 0.174. The Labute approximate surface area is 91.1 Å². The number of aliphatic imine (C=N–C) groups is 1. The first kappa shape index (κ1) is 11.2. The van der Waals surface area contributed by atoms with Gasteiger partial charge < -0.3 is 10.1 Å². The molecule has 0 spiro atoms. The molecule has 1 aliphatic rings. The van der Waals surface area contributed by atoms with E-state index in [1.165, 1.54) is 11.8 Å². The molecule has 76 valence electrons. The summed E-state index contributed by atoms with van der Waals surface area (Å²) in [5.41, 5.74) is 0.191. The standard InChI is InChI=1S/C8H9ClN2O2S/c1-3-13-6-5(4-12)10-8(14-2)11-7(6)9/h3H2,1-2H3,(H,10,11). The highest BCUT2D eigenvalue weighted by Gasteiger charge is 2.20. The molecule has 1 rings (SSSR count). The monoisotopic (exact) mass is 232 g/mol.